The molecule has 0 aliphatic rings. The molecule has 0 unspecified atom stereocenters. The van der Waals surface area contributed by atoms with Gasteiger partial charge in [0.05, 0.1) is 46.9 Å². The molecule has 17 heteroatoms. The van der Waals surface area contributed by atoms with Gasteiger partial charge in [-0.25, -0.2) is 8.78 Å². The van der Waals surface area contributed by atoms with Gasteiger partial charge >= 0.3 is 19.5 Å². The molecule has 0 saturated carbocycles. The first-order chi connectivity index (χ1) is 39.3. The van der Waals surface area contributed by atoms with E-state index in [1.807, 2.05) is 134 Å². The van der Waals surface area contributed by atoms with E-state index in [1.165, 1.54) is 24.3 Å². The number of aliphatic hydroxyl groups is 4. The molecule has 2 aromatic heterocycles. The summed E-state index contributed by atoms with van der Waals surface area (Å²) in [6.45, 7) is 8.45. The van der Waals surface area contributed by atoms with Crippen LogP contribution in [0.25, 0.3) is 44.8 Å². The first kappa shape index (κ1) is 64.3. The Morgan fingerprint density at radius 1 is 0.446 bits per heavy atom. The van der Waals surface area contributed by atoms with Crippen LogP contribution >= 0.6 is 0 Å². The molecule has 83 heavy (non-hydrogen) atoms. The Balaban J connectivity index is 0.000000263. The van der Waals surface area contributed by atoms with Crippen molar-refractivity contribution < 1.29 is 78.1 Å². The number of aliphatic hydroxyl groups excluding tert-OH is 4. The minimum Gasteiger partial charge on any atom is -0.550 e. The van der Waals surface area contributed by atoms with Gasteiger partial charge in [0.2, 0.25) is 0 Å². The second kappa shape index (κ2) is 30.4. The number of rotatable bonds is 24. The van der Waals surface area contributed by atoms with Gasteiger partial charge in [-0.15, -0.1) is 0 Å². The number of carboxylic acids is 2. The minimum atomic E-state index is -1.39. The number of para-hydroxylation sites is 2. The number of carbonyl (C=O) groups excluding carboxylic acids is 4. The van der Waals surface area contributed by atoms with E-state index in [4.69, 9.17) is 0 Å². The van der Waals surface area contributed by atoms with Gasteiger partial charge in [0.1, 0.15) is 11.6 Å². The van der Waals surface area contributed by atoms with Gasteiger partial charge in [-0.3, -0.25) is 9.59 Å². The fourth-order valence-corrected chi connectivity index (χ4v) is 10.4. The number of anilines is 2. The van der Waals surface area contributed by atoms with Crippen LogP contribution in [0.1, 0.15) is 110 Å². The average Bonchev–Trinajstić information content (AvgIpc) is 3.14. The summed E-state index contributed by atoms with van der Waals surface area (Å²) in [7, 11) is 0. The van der Waals surface area contributed by atoms with Crippen molar-refractivity contribution in [3.63, 3.8) is 0 Å². The first-order valence-corrected chi connectivity index (χ1v) is 27.3. The smallest absolute Gasteiger partial charge is 0.550 e. The molecule has 8 rings (SSSR count). The molecule has 0 bridgehead atoms. The second-order valence-corrected chi connectivity index (χ2v) is 20.8. The zero-order chi connectivity index (χ0) is 59.0. The zero-order valence-electron chi connectivity index (χ0n) is 46.9. The number of hydrogen-bond donors (Lipinski definition) is 6. The van der Waals surface area contributed by atoms with Gasteiger partial charge in [-0.2, -0.15) is 0 Å². The fourth-order valence-electron chi connectivity index (χ4n) is 10.4. The monoisotopic (exact) mass is 1180 g/mol. The molecule has 8 aromatic rings. The fraction of sp³-hybridized carbons (Fsp3) is 0.273. The third kappa shape index (κ3) is 17.1. The summed E-state index contributed by atoms with van der Waals surface area (Å²) in [5, 5.41) is 69.2. The van der Waals surface area contributed by atoms with Gasteiger partial charge in [0.15, 0.2) is 0 Å². The Morgan fingerprint density at radius 3 is 1.04 bits per heavy atom. The largest absolute Gasteiger partial charge is 2.00 e. The minimum absolute atomic E-state index is 0. The number of carbonyl (C=O) groups is 4. The quantitative estimate of drug-likeness (QED) is 0.0314. The Labute approximate surface area is 494 Å². The molecule has 428 valence electrons. The predicted octanol–water partition coefficient (Wildman–Crippen LogP) is 9.96. The molecular formula is C66H68F2N4O10Zn. The van der Waals surface area contributed by atoms with Crippen LogP contribution in [0.2, 0.25) is 0 Å². The molecule has 6 aromatic carbocycles. The van der Waals surface area contributed by atoms with E-state index < -0.39 is 60.8 Å². The molecule has 6 N–H and O–H groups in total. The third-order valence-corrected chi connectivity index (χ3v) is 13.8. The standard InChI is InChI=1S/2C33H35FN2O5.Zn/c2*1-21(2)31-30(33(41)35-25-11-7-4-8-12-25)29(22-9-5-3-6-10-22)32(23-13-15-24(34)16-14-23)36(31)18-17-26(37)19-27(38)20-28(39)40;/h2*3-16,21,26-27,37-38H,17-20H2,1-2H3,(H,35,41)(H,39,40);/q;;+2/p-2/t2*26-,27-;/m11./s1. The van der Waals surface area contributed by atoms with Crippen LogP contribution in [-0.2, 0) is 42.2 Å². The van der Waals surface area contributed by atoms with Crippen LogP contribution in [0.3, 0.4) is 0 Å². The van der Waals surface area contributed by atoms with Crippen LogP contribution in [0.5, 0.6) is 0 Å². The van der Waals surface area contributed by atoms with E-state index in [2.05, 4.69) is 10.6 Å². The summed E-state index contributed by atoms with van der Waals surface area (Å²) in [6.07, 6.45) is -5.54. The molecule has 0 aliphatic heterocycles. The van der Waals surface area contributed by atoms with Gasteiger partial charge in [-0.1, -0.05) is 125 Å². The maximum absolute atomic E-state index is 14.0. The SMILES string of the molecule is CC(C)c1c(C(=O)Nc2ccccc2)c(-c2ccccc2)c(-c2ccc(F)cc2)n1CC[C@@H](O)C[C@@H](O)CC(=O)[O-].CC(C)c1c(C(=O)Nc2ccccc2)c(-c2ccccc2)c(-c2ccc(F)cc2)n1CC[C@@H](O)C[C@@H](O)CC(=O)[O-].[Zn+2]. The van der Waals surface area contributed by atoms with Gasteiger partial charge in [0, 0.05) is 71.8 Å². The van der Waals surface area contributed by atoms with Gasteiger partial charge in [0.25, 0.3) is 11.8 Å². The summed E-state index contributed by atoms with van der Waals surface area (Å²) in [4.78, 5) is 49.8. The van der Waals surface area contributed by atoms with Crippen molar-refractivity contribution in [1.82, 2.24) is 9.13 Å². The molecule has 14 nitrogen and oxygen atoms in total. The molecule has 2 amide bonds. The van der Waals surface area contributed by atoms with E-state index in [0.29, 0.717) is 56.1 Å². The predicted molar refractivity (Wildman–Crippen MR) is 309 cm³/mol. The number of amides is 2. The summed E-state index contributed by atoms with van der Waals surface area (Å²) in [5.41, 5.74) is 9.43. The van der Waals surface area contributed by atoms with Gasteiger partial charge < -0.3 is 60.0 Å². The van der Waals surface area contributed by atoms with Crippen molar-refractivity contribution in [2.45, 2.75) is 116 Å². The summed E-state index contributed by atoms with van der Waals surface area (Å²) in [6, 6.07) is 49.4. The number of nitrogens with one attached hydrogen (secondary N) is 2. The van der Waals surface area contributed by atoms with Crippen molar-refractivity contribution in [2.75, 3.05) is 10.6 Å². The number of halogens is 2. The van der Waals surface area contributed by atoms with E-state index in [0.717, 1.165) is 22.5 Å². The normalized spacial score (nSPS) is 12.6. The molecule has 0 saturated heterocycles. The molecule has 2 heterocycles. The summed E-state index contributed by atoms with van der Waals surface area (Å²) >= 11 is 0. The average molecular weight is 1180 g/mol. The third-order valence-electron chi connectivity index (χ3n) is 13.8. The Bertz CT molecular complexity index is 3170. The maximum Gasteiger partial charge on any atom is 2.00 e. The van der Waals surface area contributed by atoms with Crippen molar-refractivity contribution in [3.8, 4) is 44.8 Å². The Hall–Kier alpha value is -7.92. The molecule has 4 atom stereocenters. The number of nitrogens with zero attached hydrogens (tertiary/aromatic N) is 2. The molecule has 0 aliphatic carbocycles. The van der Waals surface area contributed by atoms with Crippen LogP contribution in [-0.4, -0.2) is 77.7 Å². The van der Waals surface area contributed by atoms with Crippen LogP contribution in [0.4, 0.5) is 20.2 Å². The molecule has 0 fully saturated rings. The molecule has 0 radical (unpaired) electrons. The van der Waals surface area contributed by atoms with E-state index >= 15 is 0 Å². The molecular weight excluding hydrogens is 1110 g/mol. The number of hydrogen-bond acceptors (Lipinski definition) is 10. The van der Waals surface area contributed by atoms with Crippen LogP contribution < -0.4 is 20.8 Å². The summed E-state index contributed by atoms with van der Waals surface area (Å²) < 4.78 is 32.0. The van der Waals surface area contributed by atoms with Crippen LogP contribution in [0, 0.1) is 11.6 Å². The second-order valence-electron chi connectivity index (χ2n) is 20.8. The number of aliphatic carboxylic acids is 2. The van der Waals surface area contributed by atoms with E-state index in [9.17, 15) is 58.6 Å². The van der Waals surface area contributed by atoms with Gasteiger partial charge in [-0.05, 0) is 133 Å². The van der Waals surface area contributed by atoms with E-state index in [-0.39, 0.29) is 81.9 Å². The Morgan fingerprint density at radius 2 is 0.747 bits per heavy atom. The van der Waals surface area contributed by atoms with Crippen molar-refractivity contribution in [2.24, 2.45) is 0 Å². The Kier molecular flexibility index (Phi) is 23.5. The summed E-state index contributed by atoms with van der Waals surface area (Å²) in [5.74, 6) is -4.41. The maximum atomic E-state index is 14.0. The number of carboxylic acid groups (broad SMARTS) is 2. The number of aromatic nitrogens is 2. The molecule has 0 spiro atoms. The van der Waals surface area contributed by atoms with Crippen LogP contribution in [0.15, 0.2) is 170 Å². The van der Waals surface area contributed by atoms with Crippen molar-refractivity contribution in [1.29, 1.82) is 0 Å². The first-order valence-electron chi connectivity index (χ1n) is 27.3. The number of benzene rings is 6. The topological polar surface area (TPSA) is 229 Å². The zero-order valence-corrected chi connectivity index (χ0v) is 49.8. The van der Waals surface area contributed by atoms with E-state index in [1.54, 1.807) is 48.5 Å². The van der Waals surface area contributed by atoms with Crippen molar-refractivity contribution in [3.05, 3.63) is 204 Å². The van der Waals surface area contributed by atoms with Crippen molar-refractivity contribution >= 4 is 35.1 Å².